The van der Waals surface area contributed by atoms with E-state index in [1.807, 2.05) is 0 Å². The second-order valence-electron chi connectivity index (χ2n) is 3.63. The third kappa shape index (κ3) is 1.71. The highest BCUT2D eigenvalue weighted by molar-refractivity contribution is 4.90. The molecule has 1 aliphatic heterocycles. The highest BCUT2D eigenvalue weighted by atomic mass is 15.3. The van der Waals surface area contributed by atoms with Gasteiger partial charge < -0.3 is 0 Å². The molecule has 0 spiro atoms. The summed E-state index contributed by atoms with van der Waals surface area (Å²) in [5, 5.41) is 3.78. The fourth-order valence-electron chi connectivity index (χ4n) is 1.90. The lowest BCUT2D eigenvalue weighted by Crippen LogP contribution is -2.36. The lowest BCUT2D eigenvalue weighted by molar-refractivity contribution is 0.209. The molecule has 0 aromatic carbocycles. The Hall–Kier alpha value is -0.730. The first-order valence-electron chi connectivity index (χ1n) is 4.46. The zero-order chi connectivity index (χ0) is 9.14. The van der Waals surface area contributed by atoms with Gasteiger partial charge in [0.15, 0.2) is 0 Å². The highest BCUT2D eigenvalue weighted by Crippen LogP contribution is 2.22. The molecule has 0 aromatic rings. The fraction of sp³-hybridized carbons (Fsp3) is 1.00. The second kappa shape index (κ2) is 3.78. The van der Waals surface area contributed by atoms with Crippen LogP contribution in [0.15, 0.2) is 5.11 Å². The van der Waals surface area contributed by atoms with Crippen molar-refractivity contribution in [2.45, 2.75) is 45.3 Å². The van der Waals surface area contributed by atoms with E-state index in [2.05, 4.69) is 35.7 Å². The van der Waals surface area contributed by atoms with Crippen molar-refractivity contribution in [1.82, 2.24) is 4.90 Å². The number of likely N-dealkylation sites (tertiary alicyclic amines) is 1. The molecule has 1 saturated heterocycles. The van der Waals surface area contributed by atoms with Gasteiger partial charge in [0.2, 0.25) is 0 Å². The number of nitrogens with zero attached hydrogens (tertiary/aromatic N) is 4. The lowest BCUT2D eigenvalue weighted by Gasteiger charge is -2.26. The van der Waals surface area contributed by atoms with E-state index in [0.29, 0.717) is 12.1 Å². The summed E-state index contributed by atoms with van der Waals surface area (Å²) in [6, 6.07) is 1.14. The van der Waals surface area contributed by atoms with Gasteiger partial charge >= 0.3 is 0 Å². The molecule has 0 radical (unpaired) electrons. The SMILES string of the molecule is CC(C)N1CCC(N=[N+]=[N-])[C@@H]1C. The molecule has 0 bridgehead atoms. The van der Waals surface area contributed by atoms with Crippen LogP contribution in [-0.2, 0) is 0 Å². The first-order chi connectivity index (χ1) is 5.66. The van der Waals surface area contributed by atoms with Crippen molar-refractivity contribution in [3.63, 3.8) is 0 Å². The maximum absolute atomic E-state index is 8.31. The third-order valence-electron chi connectivity index (χ3n) is 2.63. The zero-order valence-corrected chi connectivity index (χ0v) is 7.94. The molecule has 0 N–H and O–H groups in total. The van der Waals surface area contributed by atoms with Crippen molar-refractivity contribution < 1.29 is 0 Å². The maximum atomic E-state index is 8.31. The first kappa shape index (κ1) is 9.36. The molecular weight excluding hydrogens is 152 g/mol. The van der Waals surface area contributed by atoms with E-state index < -0.39 is 0 Å². The molecule has 0 aromatic heterocycles. The van der Waals surface area contributed by atoms with Crippen molar-refractivity contribution in [1.29, 1.82) is 0 Å². The maximum Gasteiger partial charge on any atom is 0.0539 e. The van der Waals surface area contributed by atoms with Crippen molar-refractivity contribution in [3.05, 3.63) is 10.4 Å². The molecule has 4 heteroatoms. The van der Waals surface area contributed by atoms with E-state index in [1.54, 1.807) is 0 Å². The minimum absolute atomic E-state index is 0.178. The van der Waals surface area contributed by atoms with E-state index in [-0.39, 0.29) is 6.04 Å². The van der Waals surface area contributed by atoms with Gasteiger partial charge in [0.05, 0.1) is 6.04 Å². The van der Waals surface area contributed by atoms with Crippen LogP contribution in [0.3, 0.4) is 0 Å². The van der Waals surface area contributed by atoms with E-state index in [0.717, 1.165) is 13.0 Å². The Labute approximate surface area is 73.2 Å². The van der Waals surface area contributed by atoms with Crippen LogP contribution in [0.25, 0.3) is 10.4 Å². The Kier molecular flexibility index (Phi) is 2.95. The van der Waals surface area contributed by atoms with Gasteiger partial charge in [-0.1, -0.05) is 5.11 Å². The van der Waals surface area contributed by atoms with Crippen LogP contribution in [0, 0.1) is 0 Å². The molecule has 1 fully saturated rings. The Bertz CT molecular complexity index is 195. The summed E-state index contributed by atoms with van der Waals surface area (Å²) >= 11 is 0. The number of hydrogen-bond acceptors (Lipinski definition) is 2. The van der Waals surface area contributed by atoms with Gasteiger partial charge in [-0.05, 0) is 39.3 Å². The Morgan fingerprint density at radius 1 is 1.58 bits per heavy atom. The second-order valence-corrected chi connectivity index (χ2v) is 3.63. The predicted molar refractivity (Wildman–Crippen MR) is 48.9 cm³/mol. The van der Waals surface area contributed by atoms with E-state index >= 15 is 0 Å². The molecule has 1 unspecified atom stereocenters. The molecule has 0 amide bonds. The van der Waals surface area contributed by atoms with Crippen LogP contribution in [0.1, 0.15) is 27.2 Å². The number of rotatable bonds is 2. The van der Waals surface area contributed by atoms with Gasteiger partial charge in [-0.15, -0.1) is 0 Å². The van der Waals surface area contributed by atoms with Gasteiger partial charge in [0.1, 0.15) is 0 Å². The van der Waals surface area contributed by atoms with Gasteiger partial charge in [-0.2, -0.15) is 0 Å². The number of azide groups is 1. The Morgan fingerprint density at radius 3 is 2.67 bits per heavy atom. The van der Waals surface area contributed by atoms with E-state index in [9.17, 15) is 0 Å². The minimum atomic E-state index is 0.178. The highest BCUT2D eigenvalue weighted by Gasteiger charge is 2.30. The average Bonchev–Trinajstić information content (AvgIpc) is 2.34. The Balaban J connectivity index is 2.60. The van der Waals surface area contributed by atoms with Crippen molar-refractivity contribution in [2.24, 2.45) is 5.11 Å². The quantitative estimate of drug-likeness (QED) is 0.354. The molecule has 0 aliphatic carbocycles. The van der Waals surface area contributed by atoms with Gasteiger partial charge in [0, 0.05) is 17.0 Å². The summed E-state index contributed by atoms with van der Waals surface area (Å²) in [6.07, 6.45) is 1.00. The summed E-state index contributed by atoms with van der Waals surface area (Å²) < 4.78 is 0. The van der Waals surface area contributed by atoms with Crippen molar-refractivity contribution in [3.8, 4) is 0 Å². The van der Waals surface area contributed by atoms with Crippen LogP contribution in [0.5, 0.6) is 0 Å². The van der Waals surface area contributed by atoms with Crippen LogP contribution in [-0.4, -0.2) is 29.6 Å². The molecule has 4 nitrogen and oxygen atoms in total. The molecule has 68 valence electrons. The van der Waals surface area contributed by atoms with Gasteiger partial charge in [-0.25, -0.2) is 0 Å². The molecular formula is C8H16N4. The monoisotopic (exact) mass is 168 g/mol. The zero-order valence-electron chi connectivity index (χ0n) is 7.94. The molecule has 2 atom stereocenters. The van der Waals surface area contributed by atoms with E-state index in [1.165, 1.54) is 0 Å². The summed E-state index contributed by atoms with van der Waals surface area (Å²) in [6.45, 7) is 7.54. The summed E-state index contributed by atoms with van der Waals surface area (Å²) in [7, 11) is 0. The van der Waals surface area contributed by atoms with Crippen molar-refractivity contribution >= 4 is 0 Å². The van der Waals surface area contributed by atoms with Crippen LogP contribution in [0.2, 0.25) is 0 Å². The summed E-state index contributed by atoms with van der Waals surface area (Å²) in [5.41, 5.74) is 8.31. The lowest BCUT2D eigenvalue weighted by atomic mass is 10.1. The average molecular weight is 168 g/mol. The van der Waals surface area contributed by atoms with E-state index in [4.69, 9.17) is 5.53 Å². The van der Waals surface area contributed by atoms with Crippen molar-refractivity contribution in [2.75, 3.05) is 6.54 Å². The summed E-state index contributed by atoms with van der Waals surface area (Å²) in [5.74, 6) is 0. The molecule has 0 saturated carbocycles. The summed E-state index contributed by atoms with van der Waals surface area (Å²) in [4.78, 5) is 5.23. The minimum Gasteiger partial charge on any atom is -0.298 e. The first-order valence-corrected chi connectivity index (χ1v) is 4.46. The smallest absolute Gasteiger partial charge is 0.0539 e. The van der Waals surface area contributed by atoms with Crippen LogP contribution < -0.4 is 0 Å². The predicted octanol–water partition coefficient (Wildman–Crippen LogP) is 2.17. The standard InChI is InChI=1S/C8H16N4/c1-6(2)12-5-4-8(7(12)3)10-11-9/h6-8H,4-5H2,1-3H3/t7-,8?/m0/s1. The Morgan fingerprint density at radius 2 is 2.25 bits per heavy atom. The molecule has 1 aliphatic rings. The topological polar surface area (TPSA) is 52.0 Å². The molecule has 1 heterocycles. The number of hydrogen-bond donors (Lipinski definition) is 0. The van der Waals surface area contributed by atoms with Crippen LogP contribution in [0.4, 0.5) is 0 Å². The third-order valence-corrected chi connectivity index (χ3v) is 2.63. The normalized spacial score (nSPS) is 30.7. The largest absolute Gasteiger partial charge is 0.298 e. The fourth-order valence-corrected chi connectivity index (χ4v) is 1.90. The molecule has 1 rings (SSSR count). The van der Waals surface area contributed by atoms with Gasteiger partial charge in [-0.3, -0.25) is 4.90 Å². The van der Waals surface area contributed by atoms with Gasteiger partial charge in [0.25, 0.3) is 0 Å². The molecule has 12 heavy (non-hydrogen) atoms. The van der Waals surface area contributed by atoms with Crippen LogP contribution >= 0.6 is 0 Å².